The maximum atomic E-state index is 5.21. The molecule has 0 saturated heterocycles. The third kappa shape index (κ3) is 6.07. The predicted octanol–water partition coefficient (Wildman–Crippen LogP) is 5.75. The molecule has 3 aromatic rings. The Hall–Kier alpha value is -1.79. The van der Waals surface area contributed by atoms with Crippen molar-refractivity contribution in [2.24, 2.45) is 9.98 Å². The average molecular weight is 394 g/mol. The number of para-hydroxylation sites is 2. The van der Waals surface area contributed by atoms with Crippen LogP contribution in [0.1, 0.15) is 11.5 Å². The fourth-order valence-corrected chi connectivity index (χ4v) is 1.68. The quantitative estimate of drug-likeness (QED) is 0.529. The molecule has 0 radical (unpaired) electrons. The van der Waals surface area contributed by atoms with Crippen molar-refractivity contribution in [3.63, 3.8) is 0 Å². The molecule has 0 fully saturated rings. The van der Waals surface area contributed by atoms with E-state index in [1.165, 1.54) is 0 Å². The first kappa shape index (κ1) is 17.6. The number of aliphatic imine (C=N–C) groups is 2. The molecular formula is C16H12Cl2CoN2O2. The van der Waals surface area contributed by atoms with Crippen molar-refractivity contribution in [3.05, 3.63) is 72.6 Å². The third-order valence-corrected chi connectivity index (χ3v) is 2.63. The summed E-state index contributed by atoms with van der Waals surface area (Å²) in [5.41, 5.74) is 1.54. The number of nitrogens with zero attached hydrogens (tertiary/aromatic N) is 2. The summed E-state index contributed by atoms with van der Waals surface area (Å²) in [6.07, 6.45) is 6.56. The summed E-state index contributed by atoms with van der Waals surface area (Å²) in [6.45, 7) is 0. The number of hydrogen-bond acceptors (Lipinski definition) is 4. The zero-order valence-electron chi connectivity index (χ0n) is 11.7. The van der Waals surface area contributed by atoms with Gasteiger partial charge in [0.15, 0.2) is 0 Å². The van der Waals surface area contributed by atoms with Crippen LogP contribution in [-0.4, -0.2) is 12.4 Å². The van der Waals surface area contributed by atoms with Gasteiger partial charge in [-0.1, -0.05) is 12.1 Å². The van der Waals surface area contributed by atoms with Gasteiger partial charge < -0.3 is 8.83 Å². The third-order valence-electron chi connectivity index (χ3n) is 2.63. The molecule has 2 heterocycles. The fourth-order valence-electron chi connectivity index (χ4n) is 1.68. The Morgan fingerprint density at radius 1 is 0.739 bits per heavy atom. The van der Waals surface area contributed by atoms with Gasteiger partial charge in [0.25, 0.3) is 0 Å². The minimum atomic E-state index is 0.382. The second kappa shape index (κ2) is 10.1. The van der Waals surface area contributed by atoms with Crippen molar-refractivity contribution in [2.75, 3.05) is 0 Å². The SMILES string of the molecule is C(=Nc1ccccc1N=Cc1ccco1)c1ccco1.[Cl][Co][Cl]. The molecule has 0 saturated carbocycles. The van der Waals surface area contributed by atoms with Crippen LogP contribution in [-0.2, 0) is 12.9 Å². The number of rotatable bonds is 4. The molecule has 2 aromatic heterocycles. The number of furan rings is 2. The molecule has 0 spiro atoms. The predicted molar refractivity (Wildman–Crippen MR) is 90.1 cm³/mol. The maximum absolute atomic E-state index is 5.21. The van der Waals surface area contributed by atoms with Crippen LogP contribution in [0.4, 0.5) is 11.4 Å². The first-order chi connectivity index (χ1) is 11.3. The van der Waals surface area contributed by atoms with Gasteiger partial charge in [-0.15, -0.1) is 0 Å². The average Bonchev–Trinajstić information content (AvgIpc) is 3.26. The topological polar surface area (TPSA) is 51.0 Å². The van der Waals surface area contributed by atoms with E-state index in [0.29, 0.717) is 24.4 Å². The Balaban J connectivity index is 0.000000595. The van der Waals surface area contributed by atoms with Crippen LogP contribution in [0.3, 0.4) is 0 Å². The van der Waals surface area contributed by atoms with Gasteiger partial charge in [0.1, 0.15) is 11.5 Å². The van der Waals surface area contributed by atoms with Crippen LogP contribution in [0.25, 0.3) is 0 Å². The molecule has 0 atom stereocenters. The molecule has 0 amide bonds. The monoisotopic (exact) mass is 393 g/mol. The Labute approximate surface area is 148 Å². The molecule has 23 heavy (non-hydrogen) atoms. The van der Waals surface area contributed by atoms with Gasteiger partial charge >= 0.3 is 33.2 Å². The molecule has 0 unspecified atom stereocenters. The van der Waals surface area contributed by atoms with Gasteiger partial charge in [-0.3, -0.25) is 9.98 Å². The zero-order chi connectivity index (χ0) is 16.3. The molecule has 4 nitrogen and oxygen atoms in total. The molecule has 0 bridgehead atoms. The van der Waals surface area contributed by atoms with Crippen LogP contribution in [0.5, 0.6) is 0 Å². The molecule has 1 aromatic carbocycles. The Morgan fingerprint density at radius 3 is 1.52 bits per heavy atom. The van der Waals surface area contributed by atoms with E-state index in [9.17, 15) is 0 Å². The molecule has 0 aliphatic carbocycles. The van der Waals surface area contributed by atoms with Crippen LogP contribution >= 0.6 is 20.3 Å². The van der Waals surface area contributed by atoms with Crippen LogP contribution in [0, 0.1) is 0 Å². The fraction of sp³-hybridized carbons (Fsp3) is 0. The number of hydrogen-bond donors (Lipinski definition) is 0. The van der Waals surface area contributed by atoms with Crippen LogP contribution in [0.2, 0.25) is 0 Å². The first-order valence-electron chi connectivity index (χ1n) is 6.41. The summed E-state index contributed by atoms with van der Waals surface area (Å²) in [5.74, 6) is 1.41. The zero-order valence-corrected chi connectivity index (χ0v) is 14.3. The van der Waals surface area contributed by atoms with Gasteiger partial charge in [-0.2, -0.15) is 0 Å². The van der Waals surface area contributed by atoms with E-state index >= 15 is 0 Å². The molecule has 3 rings (SSSR count). The van der Waals surface area contributed by atoms with Crippen molar-refractivity contribution >= 4 is 44.1 Å². The summed E-state index contributed by atoms with van der Waals surface area (Å²) in [6, 6.07) is 15.0. The molecule has 0 N–H and O–H groups in total. The normalized spacial score (nSPS) is 11.0. The summed E-state index contributed by atoms with van der Waals surface area (Å²) in [4.78, 5) is 8.77. The minimum absolute atomic E-state index is 0.382. The molecule has 0 aliphatic rings. The van der Waals surface area contributed by atoms with Crippen molar-refractivity contribution in [1.29, 1.82) is 0 Å². The number of benzene rings is 1. The molecule has 0 aliphatic heterocycles. The number of halogens is 2. The van der Waals surface area contributed by atoms with Crippen molar-refractivity contribution in [1.82, 2.24) is 0 Å². The summed E-state index contributed by atoms with van der Waals surface area (Å²) in [5, 5.41) is 0. The van der Waals surface area contributed by atoms with E-state index in [1.54, 1.807) is 25.0 Å². The van der Waals surface area contributed by atoms with E-state index in [1.807, 2.05) is 48.5 Å². The Bertz CT molecular complexity index is 678. The van der Waals surface area contributed by atoms with Crippen LogP contribution < -0.4 is 0 Å². The van der Waals surface area contributed by atoms with E-state index < -0.39 is 0 Å². The second-order valence-corrected chi connectivity index (χ2v) is 5.80. The second-order valence-electron chi connectivity index (χ2n) is 4.08. The van der Waals surface area contributed by atoms with Crippen LogP contribution in [0.15, 0.2) is 79.9 Å². The van der Waals surface area contributed by atoms with Gasteiger partial charge in [-0.25, -0.2) is 0 Å². The Morgan fingerprint density at radius 2 is 1.17 bits per heavy atom. The summed E-state index contributed by atoms with van der Waals surface area (Å²) < 4.78 is 10.4. The standard InChI is InChI=1S/C16H12N2O2.2ClH.Co/c1-2-8-16(18-12-14-6-4-10-20-14)15(7-1)17-11-13-5-3-9-19-13;;;/h1-12H;2*1H;/q;;;+2/p-2. The first-order valence-corrected chi connectivity index (χ1v) is 9.28. The van der Waals surface area contributed by atoms with Crippen molar-refractivity contribution in [2.45, 2.75) is 0 Å². The van der Waals surface area contributed by atoms with Gasteiger partial charge in [0, 0.05) is 0 Å². The molecule has 121 valence electrons. The van der Waals surface area contributed by atoms with Gasteiger partial charge in [0.2, 0.25) is 0 Å². The summed E-state index contributed by atoms with van der Waals surface area (Å²) >= 11 is 0.382. The van der Waals surface area contributed by atoms with Crippen molar-refractivity contribution < 1.29 is 21.7 Å². The molecular weight excluding hydrogens is 382 g/mol. The van der Waals surface area contributed by atoms with Gasteiger partial charge in [0.05, 0.1) is 36.3 Å². The van der Waals surface area contributed by atoms with E-state index in [2.05, 4.69) is 9.98 Å². The van der Waals surface area contributed by atoms with Gasteiger partial charge in [-0.05, 0) is 36.4 Å². The van der Waals surface area contributed by atoms with E-state index in [0.717, 1.165) is 11.4 Å². The Kier molecular flexibility index (Phi) is 7.69. The molecule has 7 heteroatoms. The van der Waals surface area contributed by atoms with E-state index in [4.69, 9.17) is 29.1 Å². The van der Waals surface area contributed by atoms with E-state index in [-0.39, 0.29) is 0 Å². The van der Waals surface area contributed by atoms with Crippen molar-refractivity contribution in [3.8, 4) is 0 Å². The summed E-state index contributed by atoms with van der Waals surface area (Å²) in [7, 11) is 9.47.